The maximum absolute atomic E-state index is 6.33. The van der Waals surface area contributed by atoms with Crippen LogP contribution in [0.15, 0.2) is 27.3 Å². The van der Waals surface area contributed by atoms with Crippen LogP contribution in [0.3, 0.4) is 0 Å². The zero-order valence-electron chi connectivity index (χ0n) is 10.0. The molecule has 1 aromatic carbocycles. The van der Waals surface area contributed by atoms with Gasteiger partial charge in [0.2, 0.25) is 11.7 Å². The van der Waals surface area contributed by atoms with Crippen LogP contribution < -0.4 is 10.5 Å². The second-order valence-electron chi connectivity index (χ2n) is 3.82. The zero-order chi connectivity index (χ0) is 13.4. The Morgan fingerprint density at radius 2 is 2.32 bits per heavy atom. The van der Waals surface area contributed by atoms with Gasteiger partial charge in [-0.1, -0.05) is 16.8 Å². The first-order chi connectivity index (χ1) is 9.24. The third-order valence-corrected chi connectivity index (χ3v) is 3.15. The van der Waals surface area contributed by atoms with Crippen LogP contribution in [-0.2, 0) is 6.54 Å². The lowest BCUT2D eigenvalue weighted by molar-refractivity contribution is 0.380. The van der Waals surface area contributed by atoms with Crippen molar-refractivity contribution in [3.05, 3.63) is 29.3 Å². The summed E-state index contributed by atoms with van der Waals surface area (Å²) < 4.78 is 15.6. The third kappa shape index (κ3) is 1.85. The summed E-state index contributed by atoms with van der Waals surface area (Å²) in [4.78, 5) is 4.15. The van der Waals surface area contributed by atoms with Crippen molar-refractivity contribution in [2.45, 2.75) is 6.54 Å². The number of fused-ring (bicyclic) bond motifs is 1. The van der Waals surface area contributed by atoms with Crippen molar-refractivity contribution in [1.82, 2.24) is 10.1 Å². The van der Waals surface area contributed by atoms with Gasteiger partial charge in [0.25, 0.3) is 0 Å². The average Bonchev–Trinajstić information content (AvgIpc) is 3.08. The molecule has 2 heterocycles. The second kappa shape index (κ2) is 4.56. The van der Waals surface area contributed by atoms with Crippen molar-refractivity contribution in [3.63, 3.8) is 0 Å². The first kappa shape index (κ1) is 12.0. The molecule has 0 atom stereocenters. The molecular formula is C12H10ClN3O3. The summed E-state index contributed by atoms with van der Waals surface area (Å²) >= 11 is 6.33. The minimum atomic E-state index is 0.176. The highest BCUT2D eigenvalue weighted by Crippen LogP contribution is 2.39. The van der Waals surface area contributed by atoms with Crippen molar-refractivity contribution in [2.75, 3.05) is 7.11 Å². The van der Waals surface area contributed by atoms with Crippen molar-refractivity contribution in [1.29, 1.82) is 0 Å². The predicted molar refractivity (Wildman–Crippen MR) is 69.0 cm³/mol. The molecule has 0 radical (unpaired) electrons. The van der Waals surface area contributed by atoms with Crippen molar-refractivity contribution in [3.8, 4) is 17.1 Å². The fourth-order valence-electron chi connectivity index (χ4n) is 1.84. The van der Waals surface area contributed by atoms with Gasteiger partial charge in [-0.25, -0.2) is 0 Å². The molecule has 19 heavy (non-hydrogen) atoms. The van der Waals surface area contributed by atoms with Gasteiger partial charge >= 0.3 is 0 Å². The largest absolute Gasteiger partial charge is 0.493 e. The quantitative estimate of drug-likeness (QED) is 0.793. The van der Waals surface area contributed by atoms with Crippen molar-refractivity contribution < 1.29 is 13.7 Å². The topological polar surface area (TPSA) is 87.3 Å². The van der Waals surface area contributed by atoms with Gasteiger partial charge in [0.15, 0.2) is 11.3 Å². The number of nitrogens with two attached hydrogens (primary N) is 1. The molecule has 0 fully saturated rings. The summed E-state index contributed by atoms with van der Waals surface area (Å²) in [7, 11) is 1.55. The Bertz CT molecular complexity index is 735. The fourth-order valence-corrected chi connectivity index (χ4v) is 2.13. The summed E-state index contributed by atoms with van der Waals surface area (Å²) in [5.41, 5.74) is 6.63. The third-order valence-electron chi connectivity index (χ3n) is 2.74. The zero-order valence-corrected chi connectivity index (χ0v) is 10.8. The highest BCUT2D eigenvalue weighted by molar-refractivity contribution is 6.38. The van der Waals surface area contributed by atoms with Crippen LogP contribution in [0.1, 0.15) is 5.89 Å². The van der Waals surface area contributed by atoms with Gasteiger partial charge in [-0.05, 0) is 12.1 Å². The van der Waals surface area contributed by atoms with Crippen molar-refractivity contribution in [2.24, 2.45) is 5.73 Å². The number of halogens is 1. The SMILES string of the molecule is COc1cc(-c2noc(CN)n2)c(Cl)c2ccoc12. The molecule has 0 spiro atoms. The van der Waals surface area contributed by atoms with E-state index < -0.39 is 0 Å². The molecule has 98 valence electrons. The standard InChI is InChI=1S/C12H10ClN3O3/c1-17-8-4-7(12-15-9(5-14)19-16-12)10(13)6-2-3-18-11(6)8/h2-4H,5,14H2,1H3. The minimum absolute atomic E-state index is 0.176. The molecule has 3 rings (SSSR count). The van der Waals surface area contributed by atoms with Crippen LogP contribution in [0.2, 0.25) is 5.02 Å². The lowest BCUT2D eigenvalue weighted by Crippen LogP contribution is -1.95. The molecule has 0 amide bonds. The van der Waals surface area contributed by atoms with Gasteiger partial charge in [0.1, 0.15) is 0 Å². The normalized spacial score (nSPS) is 11.1. The van der Waals surface area contributed by atoms with E-state index in [4.69, 9.17) is 31.0 Å². The number of methoxy groups -OCH3 is 1. The van der Waals surface area contributed by atoms with E-state index in [0.29, 0.717) is 33.6 Å². The monoisotopic (exact) mass is 279 g/mol. The molecule has 7 heteroatoms. The number of ether oxygens (including phenoxy) is 1. The lowest BCUT2D eigenvalue weighted by Gasteiger charge is -2.05. The number of furan rings is 1. The Kier molecular flexibility index (Phi) is 2.88. The number of hydrogen-bond acceptors (Lipinski definition) is 6. The molecule has 0 aliphatic rings. The number of rotatable bonds is 3. The molecule has 0 aliphatic heterocycles. The molecule has 0 saturated heterocycles. The van der Waals surface area contributed by atoms with Crippen molar-refractivity contribution >= 4 is 22.6 Å². The molecule has 2 aromatic heterocycles. The van der Waals surface area contributed by atoms with Gasteiger partial charge in [-0.2, -0.15) is 4.98 Å². The number of nitrogens with zero attached hydrogens (tertiary/aromatic N) is 2. The van der Waals surface area contributed by atoms with E-state index in [2.05, 4.69) is 10.1 Å². The van der Waals surface area contributed by atoms with Gasteiger partial charge in [-0.15, -0.1) is 0 Å². The molecule has 3 aromatic rings. The van der Waals surface area contributed by atoms with Crippen LogP contribution in [0.25, 0.3) is 22.4 Å². The molecular weight excluding hydrogens is 270 g/mol. The maximum Gasteiger partial charge on any atom is 0.240 e. The number of hydrogen-bond donors (Lipinski definition) is 1. The Labute approximate surface area is 113 Å². The summed E-state index contributed by atoms with van der Waals surface area (Å²) in [6.45, 7) is 0.176. The summed E-state index contributed by atoms with van der Waals surface area (Å²) in [5, 5.41) is 5.06. The Morgan fingerprint density at radius 1 is 1.47 bits per heavy atom. The molecule has 0 aliphatic carbocycles. The Hall–Kier alpha value is -2.05. The second-order valence-corrected chi connectivity index (χ2v) is 4.20. The molecule has 6 nitrogen and oxygen atoms in total. The highest BCUT2D eigenvalue weighted by atomic mass is 35.5. The summed E-state index contributed by atoms with van der Waals surface area (Å²) in [5.74, 6) is 1.27. The van der Waals surface area contributed by atoms with Gasteiger partial charge < -0.3 is 19.4 Å². The summed E-state index contributed by atoms with van der Waals surface area (Å²) in [6, 6.07) is 3.47. The van der Waals surface area contributed by atoms with E-state index in [9.17, 15) is 0 Å². The maximum atomic E-state index is 6.33. The van der Waals surface area contributed by atoms with Gasteiger partial charge in [0.05, 0.1) is 24.9 Å². The highest BCUT2D eigenvalue weighted by Gasteiger charge is 2.18. The smallest absolute Gasteiger partial charge is 0.240 e. The van der Waals surface area contributed by atoms with E-state index in [1.165, 1.54) is 0 Å². The lowest BCUT2D eigenvalue weighted by atomic mass is 10.1. The first-order valence-electron chi connectivity index (χ1n) is 5.51. The molecule has 0 saturated carbocycles. The van der Waals surface area contributed by atoms with Crippen LogP contribution in [0.4, 0.5) is 0 Å². The molecule has 0 unspecified atom stereocenters. The van der Waals surface area contributed by atoms with E-state index in [1.807, 2.05) is 0 Å². The van der Waals surface area contributed by atoms with E-state index in [0.717, 1.165) is 5.39 Å². The van der Waals surface area contributed by atoms with Gasteiger partial charge in [0, 0.05) is 10.9 Å². The molecule has 0 bridgehead atoms. The van der Waals surface area contributed by atoms with Gasteiger partial charge in [-0.3, -0.25) is 0 Å². The number of benzene rings is 1. The summed E-state index contributed by atoms with van der Waals surface area (Å²) in [6.07, 6.45) is 1.55. The Balaban J connectivity index is 2.25. The molecule has 2 N–H and O–H groups in total. The average molecular weight is 280 g/mol. The van der Waals surface area contributed by atoms with E-state index in [-0.39, 0.29) is 6.54 Å². The minimum Gasteiger partial charge on any atom is -0.493 e. The van der Waals surface area contributed by atoms with E-state index >= 15 is 0 Å². The fraction of sp³-hybridized carbons (Fsp3) is 0.167. The van der Waals surface area contributed by atoms with Crippen LogP contribution >= 0.6 is 11.6 Å². The van der Waals surface area contributed by atoms with Crippen LogP contribution in [-0.4, -0.2) is 17.3 Å². The van der Waals surface area contributed by atoms with E-state index in [1.54, 1.807) is 25.5 Å². The predicted octanol–water partition coefficient (Wildman–Crippen LogP) is 2.60. The first-order valence-corrected chi connectivity index (χ1v) is 5.89. The van der Waals surface area contributed by atoms with Crippen LogP contribution in [0.5, 0.6) is 5.75 Å². The number of aromatic nitrogens is 2. The Morgan fingerprint density at radius 3 is 3.00 bits per heavy atom. The van der Waals surface area contributed by atoms with Crippen LogP contribution in [0, 0.1) is 0 Å².